The maximum atomic E-state index is 14.4. The lowest BCUT2D eigenvalue weighted by Crippen LogP contribution is -2.58. The minimum Gasteiger partial charge on any atom is -0.444 e. The van der Waals surface area contributed by atoms with Crippen molar-refractivity contribution in [1.82, 2.24) is 24.4 Å². The largest absolute Gasteiger partial charge is 0.444 e. The Hall–Kier alpha value is -3.25. The summed E-state index contributed by atoms with van der Waals surface area (Å²) in [7, 11) is 4.55. The Labute approximate surface area is 247 Å². The number of amides is 3. The molecule has 1 fully saturated rings. The van der Waals surface area contributed by atoms with Crippen molar-refractivity contribution in [2.45, 2.75) is 72.1 Å². The van der Waals surface area contributed by atoms with Crippen LogP contribution in [-0.4, -0.2) is 101 Å². The summed E-state index contributed by atoms with van der Waals surface area (Å²) in [6.45, 7) is 11.1. The molecule has 42 heavy (non-hydrogen) atoms. The number of aryl methyl sites for hydroxylation is 1. The van der Waals surface area contributed by atoms with E-state index in [0.29, 0.717) is 43.6 Å². The fourth-order valence-electron chi connectivity index (χ4n) is 5.22. The maximum Gasteiger partial charge on any atom is 0.410 e. The van der Waals surface area contributed by atoms with Gasteiger partial charge in [-0.3, -0.25) is 14.4 Å². The number of carbonyl (C=O) groups is 3. The topological polar surface area (TPSA) is 106 Å². The molecule has 0 spiro atoms. The number of halogens is 1. The third-order valence-corrected chi connectivity index (χ3v) is 7.16. The number of rotatable bonds is 11. The smallest absolute Gasteiger partial charge is 0.410 e. The van der Waals surface area contributed by atoms with Crippen LogP contribution in [0.15, 0.2) is 18.2 Å². The molecule has 0 radical (unpaired) electrons. The van der Waals surface area contributed by atoms with Gasteiger partial charge in [0, 0.05) is 46.9 Å². The molecule has 1 aromatic heterocycles. The number of hydrogen-bond donors (Lipinski definition) is 0. The number of likely N-dealkylation sites (tertiary alicyclic amines) is 1. The zero-order valence-electron chi connectivity index (χ0n) is 26.2. The average molecular weight is 592 g/mol. The third kappa shape index (κ3) is 8.41. The molecule has 1 aromatic carbocycles. The molecule has 1 saturated heterocycles. The van der Waals surface area contributed by atoms with Gasteiger partial charge in [-0.05, 0) is 64.2 Å². The van der Waals surface area contributed by atoms with Crippen LogP contribution in [0.5, 0.6) is 0 Å². The molecule has 2 atom stereocenters. The van der Waals surface area contributed by atoms with Crippen molar-refractivity contribution in [3.05, 3.63) is 29.8 Å². The van der Waals surface area contributed by atoms with Gasteiger partial charge >= 0.3 is 6.09 Å². The Bertz CT molecular complexity index is 1240. The predicted molar refractivity (Wildman–Crippen MR) is 156 cm³/mol. The van der Waals surface area contributed by atoms with Crippen LogP contribution in [0.3, 0.4) is 0 Å². The number of nitrogens with zero attached hydrogens (tertiary/aromatic N) is 5. The van der Waals surface area contributed by atoms with E-state index in [-0.39, 0.29) is 36.6 Å². The van der Waals surface area contributed by atoms with Crippen molar-refractivity contribution in [3.63, 3.8) is 0 Å². The van der Waals surface area contributed by atoms with E-state index in [1.54, 1.807) is 43.4 Å². The second-order valence-electron chi connectivity index (χ2n) is 12.3. The number of imidazole rings is 1. The van der Waals surface area contributed by atoms with Crippen molar-refractivity contribution in [3.8, 4) is 0 Å². The molecule has 12 heteroatoms. The lowest BCUT2D eigenvalue weighted by molar-refractivity contribution is -0.175. The fourth-order valence-corrected chi connectivity index (χ4v) is 5.22. The summed E-state index contributed by atoms with van der Waals surface area (Å²) < 4.78 is 26.9. The molecule has 1 aliphatic rings. The zero-order valence-corrected chi connectivity index (χ0v) is 26.2. The zero-order chi connectivity index (χ0) is 31.2. The molecular formula is C30H46FN5O6. The van der Waals surface area contributed by atoms with Crippen LogP contribution in [-0.2, 0) is 25.7 Å². The molecule has 1 aliphatic heterocycles. The summed E-state index contributed by atoms with van der Waals surface area (Å²) in [4.78, 5) is 53.8. The Morgan fingerprint density at radius 3 is 2.48 bits per heavy atom. The lowest BCUT2D eigenvalue weighted by Gasteiger charge is -2.43. The van der Waals surface area contributed by atoms with E-state index in [1.807, 2.05) is 13.8 Å². The summed E-state index contributed by atoms with van der Waals surface area (Å²) in [6, 6.07) is 3.79. The normalized spacial score (nSPS) is 17.5. The summed E-state index contributed by atoms with van der Waals surface area (Å²) >= 11 is 0. The summed E-state index contributed by atoms with van der Waals surface area (Å²) in [5.41, 5.74) is 0.322. The molecule has 0 saturated carbocycles. The summed E-state index contributed by atoms with van der Waals surface area (Å²) in [5, 5.41) is 1.14. The molecule has 234 valence electrons. The van der Waals surface area contributed by atoms with Gasteiger partial charge in [-0.25, -0.2) is 19.2 Å². The van der Waals surface area contributed by atoms with E-state index in [0.717, 1.165) is 11.5 Å². The SMILES string of the molecule is COCCCCn1c(C(=O)N(CC(C)C)[C@H]2CC(C(=O)N(C)OC)CN(C(=O)OC(C)(C)C)C2)nc2ccc(F)cc21. The highest BCUT2D eigenvalue weighted by Gasteiger charge is 2.41. The van der Waals surface area contributed by atoms with E-state index in [2.05, 4.69) is 4.98 Å². The fraction of sp³-hybridized carbons (Fsp3) is 0.667. The standard InChI is InChI=1S/C30H46FN5O6/c1-20(2)17-36(23-15-21(27(37)33(6)41-8)18-34(19-23)29(39)42-30(3,4)5)28(38)26-32-24-12-11-22(31)16-25(24)35(26)13-9-10-14-40-7/h11-12,16,20-21,23H,9-10,13-15,17-19H2,1-8H3/t21?,23-/m0/s1. The second-order valence-corrected chi connectivity index (χ2v) is 12.3. The van der Waals surface area contributed by atoms with Gasteiger partial charge in [0.25, 0.3) is 11.8 Å². The van der Waals surface area contributed by atoms with E-state index in [4.69, 9.17) is 14.3 Å². The third-order valence-electron chi connectivity index (χ3n) is 7.16. The highest BCUT2D eigenvalue weighted by molar-refractivity contribution is 5.95. The van der Waals surface area contributed by atoms with Crippen LogP contribution >= 0.6 is 0 Å². The van der Waals surface area contributed by atoms with Gasteiger partial charge in [0.15, 0.2) is 5.82 Å². The molecule has 2 aromatic rings. The van der Waals surface area contributed by atoms with Gasteiger partial charge in [-0.2, -0.15) is 0 Å². The highest BCUT2D eigenvalue weighted by atomic mass is 19.1. The van der Waals surface area contributed by atoms with Crippen molar-refractivity contribution >= 4 is 28.9 Å². The second kappa shape index (κ2) is 14.3. The van der Waals surface area contributed by atoms with Gasteiger partial charge in [-0.15, -0.1) is 0 Å². The monoisotopic (exact) mass is 591 g/mol. The first-order valence-corrected chi connectivity index (χ1v) is 14.5. The van der Waals surface area contributed by atoms with Crippen LogP contribution in [0.2, 0.25) is 0 Å². The molecular weight excluding hydrogens is 545 g/mol. The van der Waals surface area contributed by atoms with Gasteiger partial charge < -0.3 is 23.8 Å². The maximum absolute atomic E-state index is 14.4. The number of aromatic nitrogens is 2. The van der Waals surface area contributed by atoms with Crippen molar-refractivity contribution in [2.24, 2.45) is 11.8 Å². The van der Waals surface area contributed by atoms with Crippen LogP contribution in [0.25, 0.3) is 11.0 Å². The molecule has 2 heterocycles. The molecule has 3 rings (SSSR count). The van der Waals surface area contributed by atoms with Crippen LogP contribution in [0.1, 0.15) is 64.5 Å². The minimum absolute atomic E-state index is 0.0821. The van der Waals surface area contributed by atoms with Gasteiger partial charge in [0.05, 0.1) is 30.1 Å². The summed E-state index contributed by atoms with van der Waals surface area (Å²) in [6.07, 6.45) is 1.24. The lowest BCUT2D eigenvalue weighted by atomic mass is 9.91. The number of methoxy groups -OCH3 is 1. The molecule has 0 bridgehead atoms. The number of benzene rings is 1. The van der Waals surface area contributed by atoms with Crippen molar-refractivity contribution < 1.29 is 33.1 Å². The van der Waals surface area contributed by atoms with Crippen molar-refractivity contribution in [2.75, 3.05) is 47.5 Å². The van der Waals surface area contributed by atoms with E-state index in [9.17, 15) is 18.8 Å². The number of piperidine rings is 1. The number of unbranched alkanes of at least 4 members (excludes halogenated alkanes) is 1. The first-order valence-electron chi connectivity index (χ1n) is 14.5. The molecule has 0 N–H and O–H groups in total. The van der Waals surface area contributed by atoms with Gasteiger partial charge in [0.2, 0.25) is 0 Å². The quantitative estimate of drug-likeness (QED) is 0.283. The Kier molecular flexibility index (Phi) is 11.3. The molecule has 11 nitrogen and oxygen atoms in total. The van der Waals surface area contributed by atoms with E-state index < -0.39 is 29.5 Å². The van der Waals surface area contributed by atoms with E-state index >= 15 is 0 Å². The first-order chi connectivity index (χ1) is 19.7. The number of hydroxylamine groups is 2. The predicted octanol–water partition coefficient (Wildman–Crippen LogP) is 4.35. The number of fused-ring (bicyclic) bond motifs is 1. The van der Waals surface area contributed by atoms with E-state index in [1.165, 1.54) is 31.2 Å². The number of hydrogen-bond acceptors (Lipinski definition) is 7. The number of carbonyl (C=O) groups excluding carboxylic acids is 3. The first kappa shape index (κ1) is 33.3. The van der Waals surface area contributed by atoms with Gasteiger partial charge in [-0.1, -0.05) is 13.8 Å². The summed E-state index contributed by atoms with van der Waals surface area (Å²) in [5.74, 6) is -1.39. The highest BCUT2D eigenvalue weighted by Crippen LogP contribution is 2.28. The van der Waals surface area contributed by atoms with Crippen molar-refractivity contribution in [1.29, 1.82) is 0 Å². The molecule has 3 amide bonds. The van der Waals surface area contributed by atoms with Crippen LogP contribution in [0, 0.1) is 17.7 Å². The Balaban J connectivity index is 2.03. The van der Waals surface area contributed by atoms with Gasteiger partial charge in [0.1, 0.15) is 11.4 Å². The molecule has 1 unspecified atom stereocenters. The minimum atomic E-state index is -0.733. The van der Waals surface area contributed by atoms with Crippen LogP contribution < -0.4 is 0 Å². The Morgan fingerprint density at radius 2 is 1.86 bits per heavy atom. The Morgan fingerprint density at radius 1 is 1.14 bits per heavy atom. The average Bonchev–Trinajstić information content (AvgIpc) is 3.28. The van der Waals surface area contributed by atoms with Crippen LogP contribution in [0.4, 0.5) is 9.18 Å². The molecule has 0 aliphatic carbocycles. The number of ether oxygens (including phenoxy) is 2.